The van der Waals surface area contributed by atoms with Crippen molar-refractivity contribution in [3.05, 3.63) is 63.1 Å². The molecule has 4 nitrogen and oxygen atoms in total. The van der Waals surface area contributed by atoms with Crippen LogP contribution in [0.2, 0.25) is 15.1 Å². The van der Waals surface area contributed by atoms with E-state index < -0.39 is 0 Å². The van der Waals surface area contributed by atoms with Crippen molar-refractivity contribution in [3.63, 3.8) is 0 Å². The molecule has 0 unspecified atom stereocenters. The smallest absolute Gasteiger partial charge is 0.248 e. The van der Waals surface area contributed by atoms with Crippen molar-refractivity contribution in [2.24, 2.45) is 0 Å². The van der Waals surface area contributed by atoms with Crippen molar-refractivity contribution >= 4 is 46.4 Å². The van der Waals surface area contributed by atoms with E-state index in [0.717, 1.165) is 11.3 Å². The van der Waals surface area contributed by atoms with Gasteiger partial charge in [0.25, 0.3) is 0 Å². The summed E-state index contributed by atoms with van der Waals surface area (Å²) in [4.78, 5) is 16.8. The van der Waals surface area contributed by atoms with Crippen LogP contribution in [0.3, 0.4) is 0 Å². The Kier molecular flexibility index (Phi) is 7.00. The average molecular weight is 456 g/mol. The number of hydrogen-bond donors (Lipinski definition) is 0. The first-order valence-electron chi connectivity index (χ1n) is 9.53. The monoisotopic (exact) mass is 454 g/mol. The third kappa shape index (κ3) is 5.79. The molecule has 2 aromatic carbocycles. The van der Waals surface area contributed by atoms with Crippen LogP contribution in [0.1, 0.15) is 32.4 Å². The molecule has 0 radical (unpaired) electrons. The molecule has 1 heterocycles. The molecule has 3 rings (SSSR count). The van der Waals surface area contributed by atoms with Crippen LogP contribution in [0.5, 0.6) is 0 Å². The second-order valence-electron chi connectivity index (χ2n) is 8.10. The summed E-state index contributed by atoms with van der Waals surface area (Å²) in [6, 6.07) is 13.1. The van der Waals surface area contributed by atoms with Gasteiger partial charge in [0.1, 0.15) is 6.61 Å². The van der Waals surface area contributed by atoms with Gasteiger partial charge in [-0.3, -0.25) is 4.79 Å². The van der Waals surface area contributed by atoms with E-state index in [9.17, 15) is 4.79 Å². The summed E-state index contributed by atoms with van der Waals surface area (Å²) in [6.45, 7) is 7.67. The quantitative estimate of drug-likeness (QED) is 0.579. The summed E-state index contributed by atoms with van der Waals surface area (Å²) in [5.41, 5.74) is 1.60. The third-order valence-corrected chi connectivity index (χ3v) is 5.63. The molecule has 0 aromatic heterocycles. The number of benzene rings is 2. The highest BCUT2D eigenvalue weighted by atomic mass is 35.5. The van der Waals surface area contributed by atoms with Gasteiger partial charge in [0.05, 0.1) is 22.4 Å². The van der Waals surface area contributed by atoms with Gasteiger partial charge in [-0.1, -0.05) is 46.9 Å². The van der Waals surface area contributed by atoms with Gasteiger partial charge in [0.15, 0.2) is 0 Å². The molecule has 0 bridgehead atoms. The largest absolute Gasteiger partial charge is 0.366 e. The van der Waals surface area contributed by atoms with Crippen molar-refractivity contribution in [3.8, 4) is 0 Å². The number of rotatable bonds is 4. The Bertz CT molecular complexity index is 865. The van der Waals surface area contributed by atoms with Crippen LogP contribution in [-0.2, 0) is 9.53 Å². The van der Waals surface area contributed by atoms with Crippen LogP contribution in [0.4, 0.5) is 5.69 Å². The molecule has 1 saturated heterocycles. The highest BCUT2D eigenvalue weighted by Crippen LogP contribution is 2.36. The number of anilines is 1. The SMILES string of the molecule is CC(C)(C)OCC(=O)N1CCN(c2ccc(Cl)cc2Cl)[C@H](c2ccc(Cl)cc2)C1. The molecule has 7 heteroatoms. The Hall–Kier alpha value is -1.46. The summed E-state index contributed by atoms with van der Waals surface area (Å²) >= 11 is 18.6. The van der Waals surface area contributed by atoms with Crippen LogP contribution in [0.15, 0.2) is 42.5 Å². The fourth-order valence-corrected chi connectivity index (χ4v) is 3.99. The lowest BCUT2D eigenvalue weighted by Crippen LogP contribution is -2.52. The highest BCUT2D eigenvalue weighted by molar-refractivity contribution is 6.36. The van der Waals surface area contributed by atoms with Gasteiger partial charge in [-0.05, 0) is 56.7 Å². The number of piperazine rings is 1. The van der Waals surface area contributed by atoms with Crippen molar-refractivity contribution in [2.45, 2.75) is 32.4 Å². The lowest BCUT2D eigenvalue weighted by atomic mass is 10.0. The molecule has 29 heavy (non-hydrogen) atoms. The van der Waals surface area contributed by atoms with Gasteiger partial charge < -0.3 is 14.5 Å². The third-order valence-electron chi connectivity index (χ3n) is 4.84. The van der Waals surface area contributed by atoms with Crippen LogP contribution in [0, 0.1) is 0 Å². The summed E-state index contributed by atoms with van der Waals surface area (Å²) in [6.07, 6.45) is 0. The van der Waals surface area contributed by atoms with Crippen molar-refractivity contribution in [1.82, 2.24) is 4.90 Å². The van der Waals surface area contributed by atoms with Gasteiger partial charge in [0.2, 0.25) is 5.91 Å². The molecule has 0 spiro atoms. The molecule has 2 aromatic rings. The number of ether oxygens (including phenoxy) is 1. The minimum Gasteiger partial charge on any atom is -0.366 e. The zero-order chi connectivity index (χ0) is 21.2. The highest BCUT2D eigenvalue weighted by Gasteiger charge is 2.32. The van der Waals surface area contributed by atoms with E-state index in [1.54, 1.807) is 6.07 Å². The number of halogens is 3. The summed E-state index contributed by atoms with van der Waals surface area (Å²) in [5.74, 6) is -0.0132. The fourth-order valence-electron chi connectivity index (χ4n) is 3.35. The molecule has 1 aliphatic rings. The lowest BCUT2D eigenvalue weighted by molar-refractivity contribution is -0.141. The Balaban J connectivity index is 1.86. The minimum absolute atomic E-state index is 0.0132. The molecule has 0 saturated carbocycles. The first kappa shape index (κ1) is 22.2. The second kappa shape index (κ2) is 9.13. The van der Waals surface area contributed by atoms with Gasteiger partial charge in [-0.2, -0.15) is 0 Å². The maximum atomic E-state index is 12.7. The Morgan fingerprint density at radius 2 is 1.69 bits per heavy atom. The average Bonchev–Trinajstić information content (AvgIpc) is 2.66. The van der Waals surface area contributed by atoms with E-state index in [4.69, 9.17) is 39.5 Å². The van der Waals surface area contributed by atoms with Crippen molar-refractivity contribution in [1.29, 1.82) is 0 Å². The summed E-state index contributed by atoms with van der Waals surface area (Å²) in [7, 11) is 0. The standard InChI is InChI=1S/C22H25Cl3N2O2/c1-22(2,3)29-14-21(28)26-10-11-27(19-9-8-17(24)12-18(19)25)20(13-26)15-4-6-16(23)7-5-15/h4-9,12,20H,10-11,13-14H2,1-3H3/t20-/m0/s1. The topological polar surface area (TPSA) is 32.8 Å². The van der Waals surface area contributed by atoms with Crippen molar-refractivity contribution < 1.29 is 9.53 Å². The van der Waals surface area contributed by atoms with Crippen LogP contribution in [-0.4, -0.2) is 42.6 Å². The van der Waals surface area contributed by atoms with Crippen LogP contribution < -0.4 is 4.90 Å². The molecule has 0 aliphatic carbocycles. The normalized spacial score (nSPS) is 17.5. The fraction of sp³-hybridized carbons (Fsp3) is 0.409. The Morgan fingerprint density at radius 3 is 2.31 bits per heavy atom. The number of amides is 1. The maximum absolute atomic E-state index is 12.7. The van der Waals surface area contributed by atoms with Gasteiger partial charge in [-0.15, -0.1) is 0 Å². The molecule has 1 fully saturated rings. The van der Waals surface area contributed by atoms with Crippen molar-refractivity contribution in [2.75, 3.05) is 31.1 Å². The number of carbonyl (C=O) groups is 1. The number of carbonyl (C=O) groups excluding carboxylic acids is 1. The predicted octanol–water partition coefficient (Wildman–Crippen LogP) is 5.85. The van der Waals surface area contributed by atoms with Gasteiger partial charge >= 0.3 is 0 Å². The molecular formula is C22H25Cl3N2O2. The molecule has 1 aliphatic heterocycles. The first-order valence-corrected chi connectivity index (χ1v) is 10.7. The van der Waals surface area contributed by atoms with E-state index in [0.29, 0.717) is 34.7 Å². The number of hydrogen-bond acceptors (Lipinski definition) is 3. The molecule has 0 N–H and O–H groups in total. The van der Waals surface area contributed by atoms with E-state index in [1.165, 1.54) is 0 Å². The van der Waals surface area contributed by atoms with E-state index in [1.807, 2.05) is 62.1 Å². The van der Waals surface area contributed by atoms with E-state index in [2.05, 4.69) is 4.90 Å². The zero-order valence-corrected chi connectivity index (χ0v) is 19.1. The molecular weight excluding hydrogens is 431 g/mol. The van der Waals surface area contributed by atoms with E-state index in [-0.39, 0.29) is 24.2 Å². The Labute approximate surface area is 187 Å². The lowest BCUT2D eigenvalue weighted by Gasteiger charge is -2.43. The molecule has 1 atom stereocenters. The summed E-state index contributed by atoms with van der Waals surface area (Å²) in [5, 5.41) is 1.86. The first-order chi connectivity index (χ1) is 13.6. The van der Waals surface area contributed by atoms with Crippen LogP contribution in [0.25, 0.3) is 0 Å². The number of nitrogens with zero attached hydrogens (tertiary/aromatic N) is 2. The van der Waals surface area contributed by atoms with E-state index >= 15 is 0 Å². The maximum Gasteiger partial charge on any atom is 0.248 e. The minimum atomic E-state index is -0.357. The summed E-state index contributed by atoms with van der Waals surface area (Å²) < 4.78 is 5.69. The van der Waals surface area contributed by atoms with Gasteiger partial charge in [0, 0.05) is 29.7 Å². The zero-order valence-electron chi connectivity index (χ0n) is 16.8. The molecule has 156 valence electrons. The van der Waals surface area contributed by atoms with Crippen LogP contribution >= 0.6 is 34.8 Å². The molecule has 1 amide bonds. The predicted molar refractivity (Wildman–Crippen MR) is 120 cm³/mol. The second-order valence-corrected chi connectivity index (χ2v) is 9.38. The van der Waals surface area contributed by atoms with Gasteiger partial charge in [-0.25, -0.2) is 0 Å². The Morgan fingerprint density at radius 1 is 1.03 bits per heavy atom.